The summed E-state index contributed by atoms with van der Waals surface area (Å²) in [4.78, 5) is 11.5. The van der Waals surface area contributed by atoms with Crippen molar-refractivity contribution in [3.05, 3.63) is 11.6 Å². The van der Waals surface area contributed by atoms with Gasteiger partial charge in [0.2, 0.25) is 0 Å². The van der Waals surface area contributed by atoms with Gasteiger partial charge in [0.25, 0.3) is 0 Å². The number of carbonyl (C=O) groups excluding carboxylic acids is 1. The number of nitrogens with one attached hydrogen (secondary N) is 1. The highest BCUT2D eigenvalue weighted by Gasteiger charge is 2.23. The Kier molecular flexibility index (Phi) is 9.35. The highest BCUT2D eigenvalue weighted by molar-refractivity contribution is 5.66. The molecule has 0 aliphatic heterocycles. The summed E-state index contributed by atoms with van der Waals surface area (Å²) in [5.74, 6) is 0.362. The van der Waals surface area contributed by atoms with Crippen molar-refractivity contribution in [2.75, 3.05) is 13.2 Å². The van der Waals surface area contributed by atoms with Gasteiger partial charge in [0.15, 0.2) is 0 Å². The van der Waals surface area contributed by atoms with Gasteiger partial charge in [-0.15, -0.1) is 0 Å². The van der Waals surface area contributed by atoms with Crippen molar-refractivity contribution in [1.82, 2.24) is 5.32 Å². The Labute approximate surface area is 125 Å². The fourth-order valence-corrected chi connectivity index (χ4v) is 2.32. The number of amides is 1. The molecule has 1 atom stereocenters. The van der Waals surface area contributed by atoms with Crippen LogP contribution in [0.25, 0.3) is 0 Å². The van der Waals surface area contributed by atoms with Crippen LogP contribution in [0.2, 0.25) is 0 Å². The molecule has 0 saturated heterocycles. The molecule has 0 aromatic rings. The van der Waals surface area contributed by atoms with E-state index in [9.17, 15) is 4.79 Å². The van der Waals surface area contributed by atoms with Gasteiger partial charge in [-0.2, -0.15) is 0 Å². The number of ether oxygens (including phenoxy) is 1. The Morgan fingerprint density at radius 3 is 2.55 bits per heavy atom. The lowest BCUT2D eigenvalue weighted by Gasteiger charge is -2.29. The van der Waals surface area contributed by atoms with Crippen LogP contribution >= 0.6 is 0 Å². The topological polar surface area (TPSA) is 38.3 Å². The average Bonchev–Trinajstić information content (AvgIpc) is 2.39. The number of hydrogen-bond donors (Lipinski definition) is 1. The van der Waals surface area contributed by atoms with Gasteiger partial charge in [-0.3, -0.25) is 0 Å². The number of allylic oxidation sites excluding steroid dienone is 2. The summed E-state index contributed by atoms with van der Waals surface area (Å²) in [7, 11) is 0. The number of alkyl carbamates (subject to hydrolysis) is 1. The lowest BCUT2D eigenvalue weighted by atomic mass is 9.78. The molecule has 118 valence electrons. The van der Waals surface area contributed by atoms with Gasteiger partial charge >= 0.3 is 6.09 Å². The Morgan fingerprint density at radius 1 is 1.35 bits per heavy atom. The maximum Gasteiger partial charge on any atom is 0.407 e. The summed E-state index contributed by atoms with van der Waals surface area (Å²) in [6.45, 7) is 14.2. The zero-order valence-electron chi connectivity index (χ0n) is 14.2. The SMILES string of the molecule is C/C=C(\C)C(C)(C)CC(C)COC(=O)NCCCCC. The number of rotatable bonds is 9. The van der Waals surface area contributed by atoms with Crippen LogP contribution < -0.4 is 5.32 Å². The first kappa shape index (κ1) is 19.0. The Bertz CT molecular complexity index is 308. The zero-order valence-corrected chi connectivity index (χ0v) is 14.2. The first-order valence-electron chi connectivity index (χ1n) is 7.87. The van der Waals surface area contributed by atoms with Gasteiger partial charge < -0.3 is 10.1 Å². The second-order valence-corrected chi connectivity index (χ2v) is 6.40. The van der Waals surface area contributed by atoms with Crippen molar-refractivity contribution >= 4 is 6.09 Å². The van der Waals surface area contributed by atoms with Gasteiger partial charge in [0.05, 0.1) is 6.61 Å². The second kappa shape index (κ2) is 9.84. The molecular formula is C17H33NO2. The van der Waals surface area contributed by atoms with Crippen LogP contribution in [-0.2, 0) is 4.74 Å². The van der Waals surface area contributed by atoms with E-state index in [1.54, 1.807) is 0 Å². The molecule has 1 amide bonds. The molecule has 1 N–H and O–H groups in total. The zero-order chi connectivity index (χ0) is 15.6. The molecule has 0 aliphatic rings. The lowest BCUT2D eigenvalue weighted by Crippen LogP contribution is -2.28. The van der Waals surface area contributed by atoms with Gasteiger partial charge in [-0.05, 0) is 38.0 Å². The van der Waals surface area contributed by atoms with E-state index in [-0.39, 0.29) is 11.5 Å². The first-order valence-corrected chi connectivity index (χ1v) is 7.87. The number of hydrogen-bond acceptors (Lipinski definition) is 2. The maximum atomic E-state index is 11.5. The van der Waals surface area contributed by atoms with Crippen LogP contribution in [0, 0.1) is 11.3 Å². The monoisotopic (exact) mass is 283 g/mol. The van der Waals surface area contributed by atoms with Gasteiger partial charge in [0, 0.05) is 6.54 Å². The van der Waals surface area contributed by atoms with Crippen molar-refractivity contribution in [3.63, 3.8) is 0 Å². The molecule has 0 saturated carbocycles. The van der Waals surface area contributed by atoms with Crippen LogP contribution in [0.1, 0.15) is 67.2 Å². The van der Waals surface area contributed by atoms with E-state index in [0.29, 0.717) is 19.1 Å². The predicted octanol–water partition coefficient (Wildman–Crippen LogP) is 4.92. The third kappa shape index (κ3) is 8.23. The summed E-state index contributed by atoms with van der Waals surface area (Å²) in [6, 6.07) is 0. The van der Waals surface area contributed by atoms with E-state index < -0.39 is 0 Å². The molecule has 0 spiro atoms. The molecule has 0 rings (SSSR count). The third-order valence-electron chi connectivity index (χ3n) is 3.91. The summed E-state index contributed by atoms with van der Waals surface area (Å²) >= 11 is 0. The molecular weight excluding hydrogens is 250 g/mol. The van der Waals surface area contributed by atoms with E-state index in [2.05, 4.69) is 52.9 Å². The Morgan fingerprint density at radius 2 is 2.00 bits per heavy atom. The summed E-state index contributed by atoms with van der Waals surface area (Å²) < 4.78 is 5.27. The van der Waals surface area contributed by atoms with Crippen molar-refractivity contribution in [2.45, 2.75) is 67.2 Å². The number of unbranched alkanes of at least 4 members (excludes halogenated alkanes) is 2. The normalized spacial score (nSPS) is 14.0. The second-order valence-electron chi connectivity index (χ2n) is 6.40. The minimum atomic E-state index is -0.284. The van der Waals surface area contributed by atoms with E-state index in [1.807, 2.05) is 0 Å². The van der Waals surface area contributed by atoms with Crippen LogP contribution in [0.3, 0.4) is 0 Å². The molecule has 0 aliphatic carbocycles. The fourth-order valence-electron chi connectivity index (χ4n) is 2.32. The van der Waals surface area contributed by atoms with Gasteiger partial charge in [-0.25, -0.2) is 4.79 Å². The van der Waals surface area contributed by atoms with Crippen LogP contribution in [-0.4, -0.2) is 19.2 Å². The first-order chi connectivity index (χ1) is 9.33. The molecule has 1 unspecified atom stereocenters. The average molecular weight is 283 g/mol. The van der Waals surface area contributed by atoms with Crippen molar-refractivity contribution < 1.29 is 9.53 Å². The predicted molar refractivity (Wildman–Crippen MR) is 85.9 cm³/mol. The lowest BCUT2D eigenvalue weighted by molar-refractivity contribution is 0.120. The molecule has 0 heterocycles. The maximum absolute atomic E-state index is 11.5. The van der Waals surface area contributed by atoms with E-state index in [1.165, 1.54) is 5.57 Å². The van der Waals surface area contributed by atoms with Gasteiger partial charge in [0.1, 0.15) is 0 Å². The quantitative estimate of drug-likeness (QED) is 0.482. The van der Waals surface area contributed by atoms with Crippen molar-refractivity contribution in [2.24, 2.45) is 11.3 Å². The third-order valence-corrected chi connectivity index (χ3v) is 3.91. The molecule has 20 heavy (non-hydrogen) atoms. The molecule has 0 aromatic carbocycles. The Hall–Kier alpha value is -0.990. The highest BCUT2D eigenvalue weighted by atomic mass is 16.5. The molecule has 0 fully saturated rings. The van der Waals surface area contributed by atoms with E-state index in [4.69, 9.17) is 4.74 Å². The van der Waals surface area contributed by atoms with Crippen molar-refractivity contribution in [3.8, 4) is 0 Å². The summed E-state index contributed by atoms with van der Waals surface area (Å²) in [5, 5.41) is 2.80. The molecule has 3 heteroatoms. The molecule has 3 nitrogen and oxygen atoms in total. The fraction of sp³-hybridized carbons (Fsp3) is 0.824. The molecule has 0 radical (unpaired) electrons. The Balaban J connectivity index is 3.93. The largest absolute Gasteiger partial charge is 0.449 e. The minimum absolute atomic E-state index is 0.162. The standard InChI is InChI=1S/C17H33NO2/c1-7-9-10-11-18-16(19)20-13-14(3)12-17(5,6)15(4)8-2/h8,14H,7,9-13H2,1-6H3,(H,18,19)/b15-8+. The van der Waals surface area contributed by atoms with Crippen LogP contribution in [0.4, 0.5) is 4.79 Å². The highest BCUT2D eigenvalue weighted by Crippen LogP contribution is 2.33. The van der Waals surface area contributed by atoms with Crippen molar-refractivity contribution in [1.29, 1.82) is 0 Å². The van der Waals surface area contributed by atoms with E-state index in [0.717, 1.165) is 25.7 Å². The van der Waals surface area contributed by atoms with Crippen LogP contribution in [0.15, 0.2) is 11.6 Å². The van der Waals surface area contributed by atoms with Gasteiger partial charge in [-0.1, -0.05) is 52.2 Å². The van der Waals surface area contributed by atoms with Crippen LogP contribution in [0.5, 0.6) is 0 Å². The number of carbonyl (C=O) groups is 1. The summed E-state index contributed by atoms with van der Waals surface area (Å²) in [5.41, 5.74) is 1.54. The molecule has 0 aromatic heterocycles. The smallest absolute Gasteiger partial charge is 0.407 e. The minimum Gasteiger partial charge on any atom is -0.449 e. The summed E-state index contributed by atoms with van der Waals surface area (Å²) in [6.07, 6.45) is 6.23. The molecule has 0 bridgehead atoms. The van der Waals surface area contributed by atoms with E-state index >= 15 is 0 Å².